The molecule has 7 heteroatoms. The molecule has 5 nitrogen and oxygen atoms in total. The molecule has 2 aromatic carbocycles. The molecule has 3 rings (SSSR count). The number of hydrogen-bond acceptors (Lipinski definition) is 3. The van der Waals surface area contributed by atoms with Crippen LogP contribution in [0.2, 0.25) is 0 Å². The Kier molecular flexibility index (Phi) is 5.03. The molecule has 0 radical (unpaired) electrons. The number of rotatable bonds is 4. The summed E-state index contributed by atoms with van der Waals surface area (Å²) in [4.78, 5) is 25.6. The summed E-state index contributed by atoms with van der Waals surface area (Å²) in [6.45, 7) is 0.0857. The fourth-order valence-electron chi connectivity index (χ4n) is 2.43. The first kappa shape index (κ1) is 17.4. The molecule has 2 aromatic rings. The minimum absolute atomic E-state index is 0.0857. The van der Waals surface area contributed by atoms with Gasteiger partial charge in [-0.3, -0.25) is 9.69 Å². The van der Waals surface area contributed by atoms with Crippen molar-refractivity contribution in [2.24, 2.45) is 0 Å². The van der Waals surface area contributed by atoms with Crippen molar-refractivity contribution in [3.8, 4) is 5.75 Å². The number of urea groups is 1. The normalized spacial score (nSPS) is 15.6. The number of nitrogens with zero attached hydrogens (tertiary/aromatic N) is 1. The molecule has 1 fully saturated rings. The lowest BCUT2D eigenvalue weighted by Crippen LogP contribution is -2.30. The molecule has 128 valence electrons. The maximum absolute atomic E-state index is 13.0. The van der Waals surface area contributed by atoms with Crippen molar-refractivity contribution in [3.05, 3.63) is 68.7 Å². The van der Waals surface area contributed by atoms with E-state index < -0.39 is 11.9 Å². The average Bonchev–Trinajstić information content (AvgIpc) is 2.84. The number of imide groups is 1. The molecule has 0 spiro atoms. The summed E-state index contributed by atoms with van der Waals surface area (Å²) in [5.41, 5.74) is 1.65. The zero-order chi connectivity index (χ0) is 18.0. The minimum atomic E-state index is -0.496. The van der Waals surface area contributed by atoms with E-state index in [-0.39, 0.29) is 18.1 Å². The quantitative estimate of drug-likeness (QED) is 0.439. The largest absolute Gasteiger partial charge is 0.496 e. The second-order valence-corrected chi connectivity index (χ2v) is 6.56. The molecule has 0 unspecified atom stereocenters. The number of carbonyl (C=O) groups is 2. The van der Waals surface area contributed by atoms with Gasteiger partial charge in [0.05, 0.1) is 17.2 Å². The predicted octanol–water partition coefficient (Wildman–Crippen LogP) is 3.53. The van der Waals surface area contributed by atoms with Gasteiger partial charge < -0.3 is 10.1 Å². The van der Waals surface area contributed by atoms with Gasteiger partial charge in [0.2, 0.25) is 0 Å². The van der Waals surface area contributed by atoms with E-state index in [1.165, 1.54) is 12.1 Å². The Labute approximate surface area is 157 Å². The summed E-state index contributed by atoms with van der Waals surface area (Å²) in [6, 6.07) is 10.6. The Hall–Kier alpha value is -2.42. The molecular weight excluding hydrogens is 438 g/mol. The maximum atomic E-state index is 13.0. The van der Waals surface area contributed by atoms with Gasteiger partial charge in [-0.2, -0.15) is 0 Å². The Bertz CT molecular complexity index is 865. The summed E-state index contributed by atoms with van der Waals surface area (Å²) in [5.74, 6) is -0.0433. The highest BCUT2D eigenvalue weighted by molar-refractivity contribution is 14.1. The van der Waals surface area contributed by atoms with E-state index >= 15 is 0 Å². The number of carbonyl (C=O) groups excluding carboxylic acids is 2. The minimum Gasteiger partial charge on any atom is -0.496 e. The average molecular weight is 452 g/mol. The van der Waals surface area contributed by atoms with E-state index in [0.717, 1.165) is 19.8 Å². The highest BCUT2D eigenvalue weighted by Gasteiger charge is 2.33. The molecule has 1 aliphatic heterocycles. The third-order valence-corrected chi connectivity index (χ3v) is 4.55. The highest BCUT2D eigenvalue weighted by atomic mass is 127. The molecule has 0 saturated carbocycles. The van der Waals surface area contributed by atoms with Crippen molar-refractivity contribution in [2.75, 3.05) is 7.11 Å². The summed E-state index contributed by atoms with van der Waals surface area (Å²) < 4.78 is 19.1. The Morgan fingerprint density at radius 2 is 1.92 bits per heavy atom. The van der Waals surface area contributed by atoms with Crippen LogP contribution in [0.5, 0.6) is 5.75 Å². The lowest BCUT2D eigenvalue weighted by molar-refractivity contribution is -0.123. The zero-order valence-corrected chi connectivity index (χ0v) is 15.4. The molecular formula is C18H14FIN2O3. The van der Waals surface area contributed by atoms with E-state index in [1.807, 2.05) is 6.07 Å². The van der Waals surface area contributed by atoms with Crippen molar-refractivity contribution in [1.29, 1.82) is 0 Å². The number of halogens is 2. The molecule has 25 heavy (non-hydrogen) atoms. The summed E-state index contributed by atoms with van der Waals surface area (Å²) in [7, 11) is 1.59. The summed E-state index contributed by atoms with van der Waals surface area (Å²) >= 11 is 2.14. The van der Waals surface area contributed by atoms with Crippen LogP contribution < -0.4 is 10.1 Å². The lowest BCUT2D eigenvalue weighted by Gasteiger charge is -2.11. The molecule has 1 saturated heterocycles. The number of benzene rings is 2. The van der Waals surface area contributed by atoms with Crippen LogP contribution in [0.15, 0.2) is 48.2 Å². The van der Waals surface area contributed by atoms with Crippen LogP contribution in [-0.2, 0) is 11.3 Å². The van der Waals surface area contributed by atoms with Crippen molar-refractivity contribution in [3.63, 3.8) is 0 Å². The Morgan fingerprint density at radius 1 is 1.20 bits per heavy atom. The smallest absolute Gasteiger partial charge is 0.329 e. The number of hydrogen-bond donors (Lipinski definition) is 1. The second-order valence-electron chi connectivity index (χ2n) is 5.40. The lowest BCUT2D eigenvalue weighted by atomic mass is 10.1. The van der Waals surface area contributed by atoms with Gasteiger partial charge in [0.25, 0.3) is 5.91 Å². The molecule has 1 heterocycles. The monoisotopic (exact) mass is 452 g/mol. The zero-order valence-electron chi connectivity index (χ0n) is 13.3. The van der Waals surface area contributed by atoms with Crippen molar-refractivity contribution in [1.82, 2.24) is 10.2 Å². The molecule has 1 aliphatic rings. The van der Waals surface area contributed by atoms with Crippen LogP contribution >= 0.6 is 22.6 Å². The van der Waals surface area contributed by atoms with E-state index in [1.54, 1.807) is 37.5 Å². The SMILES string of the molecule is COc1ccc(/C=C2/NC(=O)N(Cc3ccc(F)cc3)C2=O)cc1I. The van der Waals surface area contributed by atoms with Gasteiger partial charge in [0.1, 0.15) is 17.3 Å². The standard InChI is InChI=1S/C18H14FIN2O3/c1-25-16-7-4-12(8-14(16)20)9-15-17(23)22(18(24)21-15)10-11-2-5-13(19)6-3-11/h2-9H,10H2,1H3,(H,21,24)/b15-9+. The van der Waals surface area contributed by atoms with Crippen LogP contribution in [0.3, 0.4) is 0 Å². The Morgan fingerprint density at radius 3 is 2.56 bits per heavy atom. The highest BCUT2D eigenvalue weighted by Crippen LogP contribution is 2.24. The first-order valence-corrected chi connectivity index (χ1v) is 8.48. The first-order valence-electron chi connectivity index (χ1n) is 7.40. The molecule has 1 N–H and O–H groups in total. The van der Waals surface area contributed by atoms with Gasteiger partial charge in [0.15, 0.2) is 0 Å². The number of nitrogens with one attached hydrogen (secondary N) is 1. The number of ether oxygens (including phenoxy) is 1. The molecule has 3 amide bonds. The summed E-state index contributed by atoms with van der Waals surface area (Å²) in [5, 5.41) is 2.57. The fourth-order valence-corrected chi connectivity index (χ4v) is 3.19. The predicted molar refractivity (Wildman–Crippen MR) is 99.2 cm³/mol. The molecule has 0 aliphatic carbocycles. The topological polar surface area (TPSA) is 58.6 Å². The first-order chi connectivity index (χ1) is 12.0. The molecule has 0 bridgehead atoms. The molecule has 0 aromatic heterocycles. The third-order valence-electron chi connectivity index (χ3n) is 3.70. The third kappa shape index (κ3) is 3.81. The van der Waals surface area contributed by atoms with Gasteiger partial charge in [-0.1, -0.05) is 18.2 Å². The van der Waals surface area contributed by atoms with Crippen LogP contribution in [0.4, 0.5) is 9.18 Å². The van der Waals surface area contributed by atoms with E-state index in [0.29, 0.717) is 5.56 Å². The van der Waals surface area contributed by atoms with Crippen molar-refractivity contribution < 1.29 is 18.7 Å². The van der Waals surface area contributed by atoms with E-state index in [4.69, 9.17) is 4.74 Å². The van der Waals surface area contributed by atoms with Gasteiger partial charge in [0, 0.05) is 0 Å². The van der Waals surface area contributed by atoms with Crippen LogP contribution in [-0.4, -0.2) is 23.9 Å². The van der Waals surface area contributed by atoms with Crippen LogP contribution in [0, 0.1) is 9.39 Å². The second kappa shape index (κ2) is 7.22. The number of amides is 3. The fraction of sp³-hybridized carbons (Fsp3) is 0.111. The summed E-state index contributed by atoms with van der Waals surface area (Å²) in [6.07, 6.45) is 1.62. The van der Waals surface area contributed by atoms with Crippen molar-refractivity contribution >= 4 is 40.6 Å². The van der Waals surface area contributed by atoms with E-state index in [2.05, 4.69) is 27.9 Å². The van der Waals surface area contributed by atoms with Gasteiger partial charge in [-0.15, -0.1) is 0 Å². The van der Waals surface area contributed by atoms with Crippen LogP contribution in [0.25, 0.3) is 6.08 Å². The maximum Gasteiger partial charge on any atom is 0.329 e. The van der Waals surface area contributed by atoms with Crippen LogP contribution in [0.1, 0.15) is 11.1 Å². The molecule has 0 atom stereocenters. The van der Waals surface area contributed by atoms with E-state index in [9.17, 15) is 14.0 Å². The van der Waals surface area contributed by atoms with Gasteiger partial charge in [-0.05, 0) is 64.1 Å². The van der Waals surface area contributed by atoms with Crippen molar-refractivity contribution in [2.45, 2.75) is 6.54 Å². The number of methoxy groups -OCH3 is 1. The van der Waals surface area contributed by atoms with Gasteiger partial charge in [-0.25, -0.2) is 9.18 Å². The van der Waals surface area contributed by atoms with Gasteiger partial charge >= 0.3 is 6.03 Å². The Balaban J connectivity index is 1.80.